The van der Waals surface area contributed by atoms with Crippen LogP contribution in [-0.4, -0.2) is 71.0 Å². The van der Waals surface area contributed by atoms with Crippen molar-refractivity contribution < 1.29 is 14.7 Å². The van der Waals surface area contributed by atoms with E-state index >= 15 is 0 Å². The van der Waals surface area contributed by atoms with Crippen molar-refractivity contribution in [2.75, 3.05) is 39.3 Å². The standard InChI is InChI=1S/C12H18N4O3S/c13-2-1-10-14-9(8-20-10)12(19)16-5-3-15(4-6-16)7-11(17)18/h8H,1-7,13H2,(H,17,18). The summed E-state index contributed by atoms with van der Waals surface area (Å²) < 4.78 is 0. The van der Waals surface area contributed by atoms with Crippen LogP contribution in [0, 0.1) is 0 Å². The maximum Gasteiger partial charge on any atom is 0.317 e. The second-order valence-corrected chi connectivity index (χ2v) is 5.57. The van der Waals surface area contributed by atoms with Crippen LogP contribution >= 0.6 is 11.3 Å². The first-order valence-electron chi connectivity index (χ1n) is 6.48. The fourth-order valence-corrected chi connectivity index (χ4v) is 2.90. The molecule has 1 fully saturated rings. The number of piperazine rings is 1. The molecule has 0 atom stereocenters. The minimum absolute atomic E-state index is 0.0272. The Bertz CT molecular complexity index is 483. The molecule has 2 rings (SSSR count). The van der Waals surface area contributed by atoms with Crippen LogP contribution in [0.2, 0.25) is 0 Å². The highest BCUT2D eigenvalue weighted by molar-refractivity contribution is 7.09. The summed E-state index contributed by atoms with van der Waals surface area (Å²) in [7, 11) is 0. The number of aliphatic carboxylic acids is 1. The smallest absolute Gasteiger partial charge is 0.317 e. The van der Waals surface area contributed by atoms with Gasteiger partial charge < -0.3 is 15.7 Å². The molecule has 0 aromatic carbocycles. The van der Waals surface area contributed by atoms with Crippen LogP contribution in [0.15, 0.2) is 5.38 Å². The lowest BCUT2D eigenvalue weighted by molar-refractivity contribution is -0.138. The Hall–Kier alpha value is -1.51. The number of hydrogen-bond acceptors (Lipinski definition) is 6. The summed E-state index contributed by atoms with van der Waals surface area (Å²) in [4.78, 5) is 30.7. The predicted octanol–water partition coefficient (Wildman–Crippen LogP) is -0.513. The lowest BCUT2D eigenvalue weighted by Gasteiger charge is -2.33. The SMILES string of the molecule is NCCc1nc(C(=O)N2CCN(CC(=O)O)CC2)cs1. The van der Waals surface area contributed by atoms with Gasteiger partial charge in [0.1, 0.15) is 5.69 Å². The number of nitrogens with zero attached hydrogens (tertiary/aromatic N) is 3. The molecule has 0 aliphatic carbocycles. The van der Waals surface area contributed by atoms with Crippen molar-refractivity contribution >= 4 is 23.2 Å². The van der Waals surface area contributed by atoms with E-state index in [1.54, 1.807) is 10.3 Å². The summed E-state index contributed by atoms with van der Waals surface area (Å²) in [6.45, 7) is 2.79. The molecule has 1 amide bonds. The van der Waals surface area contributed by atoms with Crippen molar-refractivity contribution in [3.05, 3.63) is 16.1 Å². The third-order valence-corrected chi connectivity index (χ3v) is 4.06. The van der Waals surface area contributed by atoms with E-state index in [0.29, 0.717) is 44.8 Å². The average molecular weight is 298 g/mol. The Labute approximate surface area is 121 Å². The first-order chi connectivity index (χ1) is 9.60. The number of thiazole rings is 1. The van der Waals surface area contributed by atoms with Gasteiger partial charge in [-0.1, -0.05) is 0 Å². The van der Waals surface area contributed by atoms with Gasteiger partial charge in [0.05, 0.1) is 11.6 Å². The largest absolute Gasteiger partial charge is 0.480 e. The van der Waals surface area contributed by atoms with Gasteiger partial charge in [-0.05, 0) is 6.54 Å². The molecule has 0 saturated carbocycles. The van der Waals surface area contributed by atoms with Crippen LogP contribution in [0.5, 0.6) is 0 Å². The fourth-order valence-electron chi connectivity index (χ4n) is 2.11. The summed E-state index contributed by atoms with van der Waals surface area (Å²) >= 11 is 1.45. The summed E-state index contributed by atoms with van der Waals surface area (Å²) in [5, 5.41) is 11.4. The predicted molar refractivity (Wildman–Crippen MR) is 74.9 cm³/mol. The van der Waals surface area contributed by atoms with Crippen molar-refractivity contribution in [1.29, 1.82) is 0 Å². The Balaban J connectivity index is 1.89. The van der Waals surface area contributed by atoms with E-state index in [0.717, 1.165) is 5.01 Å². The van der Waals surface area contributed by atoms with Gasteiger partial charge in [-0.15, -0.1) is 11.3 Å². The van der Waals surface area contributed by atoms with Crippen molar-refractivity contribution in [1.82, 2.24) is 14.8 Å². The van der Waals surface area contributed by atoms with E-state index in [1.165, 1.54) is 11.3 Å². The number of amides is 1. The van der Waals surface area contributed by atoms with Crippen molar-refractivity contribution in [2.24, 2.45) is 5.73 Å². The minimum atomic E-state index is -0.837. The maximum atomic E-state index is 12.3. The van der Waals surface area contributed by atoms with Gasteiger partial charge in [0.15, 0.2) is 0 Å². The van der Waals surface area contributed by atoms with Gasteiger partial charge in [-0.3, -0.25) is 14.5 Å². The number of carboxylic acid groups (broad SMARTS) is 1. The molecular weight excluding hydrogens is 280 g/mol. The number of nitrogens with two attached hydrogens (primary N) is 1. The lowest BCUT2D eigenvalue weighted by atomic mass is 10.3. The molecule has 1 aliphatic heterocycles. The molecule has 1 aromatic heterocycles. The Morgan fingerprint density at radius 3 is 2.65 bits per heavy atom. The summed E-state index contributed by atoms with van der Waals surface area (Å²) in [6.07, 6.45) is 0.685. The summed E-state index contributed by atoms with van der Waals surface area (Å²) in [6, 6.07) is 0. The molecule has 0 radical (unpaired) electrons. The zero-order valence-corrected chi connectivity index (χ0v) is 11.9. The molecule has 1 aromatic rings. The van der Waals surface area contributed by atoms with Gasteiger partial charge in [0.2, 0.25) is 0 Å². The monoisotopic (exact) mass is 298 g/mol. The molecule has 1 saturated heterocycles. The maximum absolute atomic E-state index is 12.3. The van der Waals surface area contributed by atoms with E-state index in [9.17, 15) is 9.59 Å². The molecule has 20 heavy (non-hydrogen) atoms. The first-order valence-corrected chi connectivity index (χ1v) is 7.36. The number of carbonyl (C=O) groups is 2. The van der Waals surface area contributed by atoms with Gasteiger partial charge in [-0.25, -0.2) is 4.98 Å². The van der Waals surface area contributed by atoms with Crippen LogP contribution in [-0.2, 0) is 11.2 Å². The number of carboxylic acids is 1. The van der Waals surface area contributed by atoms with Gasteiger partial charge >= 0.3 is 5.97 Å². The van der Waals surface area contributed by atoms with E-state index in [2.05, 4.69) is 4.98 Å². The van der Waals surface area contributed by atoms with Crippen LogP contribution in [0.1, 0.15) is 15.5 Å². The van der Waals surface area contributed by atoms with Gasteiger partial charge in [-0.2, -0.15) is 0 Å². The number of hydrogen-bond donors (Lipinski definition) is 2. The molecule has 1 aliphatic rings. The van der Waals surface area contributed by atoms with Crippen molar-refractivity contribution in [3.63, 3.8) is 0 Å². The molecule has 0 spiro atoms. The van der Waals surface area contributed by atoms with E-state index in [-0.39, 0.29) is 12.5 Å². The molecule has 7 nitrogen and oxygen atoms in total. The third-order valence-electron chi connectivity index (χ3n) is 3.15. The third kappa shape index (κ3) is 3.75. The summed E-state index contributed by atoms with van der Waals surface area (Å²) in [5.74, 6) is -0.921. The second kappa shape index (κ2) is 6.78. The van der Waals surface area contributed by atoms with Crippen molar-refractivity contribution in [3.8, 4) is 0 Å². The molecule has 2 heterocycles. The highest BCUT2D eigenvalue weighted by Gasteiger charge is 2.24. The zero-order chi connectivity index (χ0) is 14.5. The average Bonchev–Trinajstić information content (AvgIpc) is 2.87. The quantitative estimate of drug-likeness (QED) is 0.759. The van der Waals surface area contributed by atoms with Gasteiger partial charge in [0, 0.05) is 38.0 Å². The Morgan fingerprint density at radius 1 is 1.35 bits per heavy atom. The van der Waals surface area contributed by atoms with E-state index in [4.69, 9.17) is 10.8 Å². The summed E-state index contributed by atoms with van der Waals surface area (Å²) in [5.41, 5.74) is 5.92. The topological polar surface area (TPSA) is 99.8 Å². The lowest BCUT2D eigenvalue weighted by Crippen LogP contribution is -2.50. The first kappa shape index (κ1) is 14.9. The van der Waals surface area contributed by atoms with Crippen LogP contribution in [0.4, 0.5) is 0 Å². The number of carbonyl (C=O) groups excluding carboxylic acids is 1. The van der Waals surface area contributed by atoms with Crippen LogP contribution in [0.25, 0.3) is 0 Å². The molecular formula is C12H18N4O3S. The Morgan fingerprint density at radius 2 is 2.05 bits per heavy atom. The normalized spacial score (nSPS) is 16.4. The van der Waals surface area contributed by atoms with E-state index < -0.39 is 5.97 Å². The van der Waals surface area contributed by atoms with Crippen LogP contribution < -0.4 is 5.73 Å². The highest BCUT2D eigenvalue weighted by atomic mass is 32.1. The molecule has 0 unspecified atom stereocenters. The number of rotatable bonds is 5. The van der Waals surface area contributed by atoms with Gasteiger partial charge in [0.25, 0.3) is 5.91 Å². The number of aromatic nitrogens is 1. The second-order valence-electron chi connectivity index (χ2n) is 4.63. The molecule has 8 heteroatoms. The van der Waals surface area contributed by atoms with E-state index in [1.807, 2.05) is 4.90 Å². The highest BCUT2D eigenvalue weighted by Crippen LogP contribution is 2.13. The molecule has 3 N–H and O–H groups in total. The minimum Gasteiger partial charge on any atom is -0.480 e. The van der Waals surface area contributed by atoms with Crippen LogP contribution in [0.3, 0.4) is 0 Å². The van der Waals surface area contributed by atoms with Crippen molar-refractivity contribution in [2.45, 2.75) is 6.42 Å². The Kier molecular flexibility index (Phi) is 5.05. The zero-order valence-electron chi connectivity index (χ0n) is 11.1. The fraction of sp³-hybridized carbons (Fsp3) is 0.583. The molecule has 110 valence electrons. The molecule has 0 bridgehead atoms.